The lowest BCUT2D eigenvalue weighted by molar-refractivity contribution is -0.144. The standard InChI is InChI=1S/C18H36O2/c1-14(13-18(5,6)7)15(16(19)20)11-9-8-10-12-17(2,3)4/h14-15H,8-13H2,1-7H3,(H,19,20). The Labute approximate surface area is 126 Å². The third kappa shape index (κ3) is 10.3. The van der Waals surface area contributed by atoms with E-state index in [2.05, 4.69) is 48.5 Å². The summed E-state index contributed by atoms with van der Waals surface area (Å²) < 4.78 is 0. The molecule has 0 aliphatic rings. The van der Waals surface area contributed by atoms with E-state index in [1.165, 1.54) is 12.8 Å². The first-order valence-corrected chi connectivity index (χ1v) is 8.15. The van der Waals surface area contributed by atoms with Crippen LogP contribution in [0.25, 0.3) is 0 Å². The Kier molecular flexibility index (Phi) is 7.83. The van der Waals surface area contributed by atoms with Crippen molar-refractivity contribution in [2.24, 2.45) is 22.7 Å². The average molecular weight is 284 g/mol. The van der Waals surface area contributed by atoms with E-state index in [1.807, 2.05) is 0 Å². The second-order valence-corrected chi connectivity index (χ2v) is 8.85. The van der Waals surface area contributed by atoms with Crippen LogP contribution in [-0.4, -0.2) is 11.1 Å². The van der Waals surface area contributed by atoms with Crippen LogP contribution in [0.15, 0.2) is 0 Å². The Morgan fingerprint density at radius 2 is 1.50 bits per heavy atom. The Bertz CT molecular complexity index is 281. The van der Waals surface area contributed by atoms with Crippen molar-refractivity contribution in [2.75, 3.05) is 0 Å². The molecule has 0 radical (unpaired) electrons. The highest BCUT2D eigenvalue weighted by Gasteiger charge is 2.27. The van der Waals surface area contributed by atoms with Crippen LogP contribution in [0.1, 0.15) is 87.0 Å². The molecule has 2 atom stereocenters. The number of carboxylic acids is 1. The lowest BCUT2D eigenvalue weighted by atomic mass is 9.77. The number of hydrogen-bond acceptors (Lipinski definition) is 1. The van der Waals surface area contributed by atoms with E-state index in [-0.39, 0.29) is 17.3 Å². The lowest BCUT2D eigenvalue weighted by Gasteiger charge is -2.27. The van der Waals surface area contributed by atoms with Gasteiger partial charge in [-0.15, -0.1) is 0 Å². The second kappa shape index (κ2) is 8.05. The van der Waals surface area contributed by atoms with Crippen LogP contribution in [0, 0.1) is 22.7 Å². The van der Waals surface area contributed by atoms with Gasteiger partial charge in [-0.05, 0) is 36.0 Å². The molecule has 20 heavy (non-hydrogen) atoms. The van der Waals surface area contributed by atoms with Crippen molar-refractivity contribution < 1.29 is 9.90 Å². The summed E-state index contributed by atoms with van der Waals surface area (Å²) in [6.07, 6.45) is 6.44. The molecule has 2 unspecified atom stereocenters. The van der Waals surface area contributed by atoms with E-state index in [4.69, 9.17) is 0 Å². The molecule has 0 saturated carbocycles. The number of carbonyl (C=O) groups is 1. The normalized spacial score (nSPS) is 15.9. The van der Waals surface area contributed by atoms with Gasteiger partial charge < -0.3 is 5.11 Å². The molecule has 0 spiro atoms. The van der Waals surface area contributed by atoms with Gasteiger partial charge in [0.1, 0.15) is 0 Å². The fourth-order valence-electron chi connectivity index (χ4n) is 2.96. The second-order valence-electron chi connectivity index (χ2n) is 8.85. The van der Waals surface area contributed by atoms with E-state index in [0.717, 1.165) is 25.7 Å². The average Bonchev–Trinajstić information content (AvgIpc) is 2.17. The first-order valence-electron chi connectivity index (χ1n) is 8.15. The molecule has 0 fully saturated rings. The molecule has 0 saturated heterocycles. The van der Waals surface area contributed by atoms with E-state index < -0.39 is 5.97 Å². The Morgan fingerprint density at radius 3 is 1.90 bits per heavy atom. The summed E-state index contributed by atoms with van der Waals surface area (Å²) in [6.45, 7) is 15.4. The number of carboxylic acid groups (broad SMARTS) is 1. The van der Waals surface area contributed by atoms with Crippen LogP contribution in [0.4, 0.5) is 0 Å². The fraction of sp³-hybridized carbons (Fsp3) is 0.944. The smallest absolute Gasteiger partial charge is 0.306 e. The maximum atomic E-state index is 11.4. The number of aliphatic carboxylic acids is 1. The largest absolute Gasteiger partial charge is 0.481 e. The van der Waals surface area contributed by atoms with E-state index >= 15 is 0 Å². The molecule has 2 nitrogen and oxygen atoms in total. The molecule has 0 heterocycles. The van der Waals surface area contributed by atoms with Crippen molar-refractivity contribution in [1.29, 1.82) is 0 Å². The van der Waals surface area contributed by atoms with Crippen LogP contribution in [0.3, 0.4) is 0 Å². The zero-order chi connectivity index (χ0) is 16.0. The van der Waals surface area contributed by atoms with Gasteiger partial charge in [-0.1, -0.05) is 67.7 Å². The van der Waals surface area contributed by atoms with Gasteiger partial charge in [-0.3, -0.25) is 4.79 Å². The highest BCUT2D eigenvalue weighted by atomic mass is 16.4. The molecule has 0 aromatic rings. The molecule has 0 aliphatic heterocycles. The summed E-state index contributed by atoms with van der Waals surface area (Å²) in [5.74, 6) is -0.531. The summed E-state index contributed by atoms with van der Waals surface area (Å²) in [5, 5.41) is 9.43. The Hall–Kier alpha value is -0.530. The number of rotatable bonds is 8. The predicted octanol–water partition coefficient (Wildman–Crippen LogP) is 5.76. The molecule has 0 bridgehead atoms. The Balaban J connectivity index is 4.13. The van der Waals surface area contributed by atoms with E-state index in [1.54, 1.807) is 0 Å². The SMILES string of the molecule is CC(CC(C)(C)C)C(CCCCCC(C)(C)C)C(=O)O. The quantitative estimate of drug-likeness (QED) is 0.576. The molecular weight excluding hydrogens is 248 g/mol. The van der Waals surface area contributed by atoms with Gasteiger partial charge in [0.2, 0.25) is 0 Å². The van der Waals surface area contributed by atoms with Crippen molar-refractivity contribution in [1.82, 2.24) is 0 Å². The molecule has 1 N–H and O–H groups in total. The molecule has 0 rings (SSSR count). The minimum atomic E-state index is -0.613. The maximum Gasteiger partial charge on any atom is 0.306 e. The zero-order valence-electron chi connectivity index (χ0n) is 14.8. The summed E-state index contributed by atoms with van der Waals surface area (Å²) in [7, 11) is 0. The Morgan fingerprint density at radius 1 is 0.950 bits per heavy atom. The van der Waals surface area contributed by atoms with Gasteiger partial charge in [0, 0.05) is 0 Å². The minimum absolute atomic E-state index is 0.177. The first-order chi connectivity index (χ1) is 8.92. The van der Waals surface area contributed by atoms with Crippen molar-refractivity contribution >= 4 is 5.97 Å². The van der Waals surface area contributed by atoms with Crippen LogP contribution < -0.4 is 0 Å². The molecule has 0 aromatic heterocycles. The van der Waals surface area contributed by atoms with Crippen LogP contribution >= 0.6 is 0 Å². The molecular formula is C18H36O2. The van der Waals surface area contributed by atoms with Crippen molar-refractivity contribution in [2.45, 2.75) is 87.0 Å². The van der Waals surface area contributed by atoms with Crippen LogP contribution in [0.5, 0.6) is 0 Å². The van der Waals surface area contributed by atoms with E-state index in [9.17, 15) is 9.90 Å². The van der Waals surface area contributed by atoms with Crippen molar-refractivity contribution in [3.8, 4) is 0 Å². The third-order valence-electron chi connectivity index (χ3n) is 3.88. The van der Waals surface area contributed by atoms with Gasteiger partial charge >= 0.3 is 5.97 Å². The van der Waals surface area contributed by atoms with Crippen molar-refractivity contribution in [3.63, 3.8) is 0 Å². The van der Waals surface area contributed by atoms with E-state index in [0.29, 0.717) is 5.41 Å². The number of unbranched alkanes of at least 4 members (excludes halogenated alkanes) is 2. The molecule has 0 aliphatic carbocycles. The molecule has 120 valence electrons. The van der Waals surface area contributed by atoms with Gasteiger partial charge in [0.25, 0.3) is 0 Å². The lowest BCUT2D eigenvalue weighted by Crippen LogP contribution is -2.25. The zero-order valence-corrected chi connectivity index (χ0v) is 14.8. The van der Waals surface area contributed by atoms with Crippen molar-refractivity contribution in [3.05, 3.63) is 0 Å². The summed E-state index contributed by atoms with van der Waals surface area (Å²) in [6, 6.07) is 0. The topological polar surface area (TPSA) is 37.3 Å². The highest BCUT2D eigenvalue weighted by molar-refractivity contribution is 5.70. The molecule has 0 amide bonds. The van der Waals surface area contributed by atoms with Gasteiger partial charge in [-0.25, -0.2) is 0 Å². The summed E-state index contributed by atoms with van der Waals surface area (Å²) in [5.41, 5.74) is 0.602. The van der Waals surface area contributed by atoms with Gasteiger partial charge in [0.15, 0.2) is 0 Å². The fourth-order valence-corrected chi connectivity index (χ4v) is 2.96. The highest BCUT2D eigenvalue weighted by Crippen LogP contribution is 2.31. The minimum Gasteiger partial charge on any atom is -0.481 e. The first kappa shape index (κ1) is 19.5. The van der Waals surface area contributed by atoms with Gasteiger partial charge in [0.05, 0.1) is 5.92 Å². The third-order valence-corrected chi connectivity index (χ3v) is 3.88. The van der Waals surface area contributed by atoms with Crippen LogP contribution in [0.2, 0.25) is 0 Å². The predicted molar refractivity (Wildman–Crippen MR) is 86.9 cm³/mol. The molecule has 0 aromatic carbocycles. The molecule has 2 heteroatoms. The maximum absolute atomic E-state index is 11.4. The summed E-state index contributed by atoms with van der Waals surface area (Å²) >= 11 is 0. The van der Waals surface area contributed by atoms with Gasteiger partial charge in [-0.2, -0.15) is 0 Å². The summed E-state index contributed by atoms with van der Waals surface area (Å²) in [4.78, 5) is 11.4. The number of hydrogen-bond donors (Lipinski definition) is 1. The van der Waals surface area contributed by atoms with Crippen LogP contribution in [-0.2, 0) is 4.79 Å². The monoisotopic (exact) mass is 284 g/mol.